The van der Waals surface area contributed by atoms with Crippen molar-refractivity contribution in [2.24, 2.45) is 10.5 Å². The number of carbonyl (C=O) groups is 1. The van der Waals surface area contributed by atoms with Gasteiger partial charge < -0.3 is 9.80 Å². The number of hydrazone groups is 1. The van der Waals surface area contributed by atoms with Crippen LogP contribution in [0.3, 0.4) is 0 Å². The van der Waals surface area contributed by atoms with Gasteiger partial charge in [0, 0.05) is 29.8 Å². The van der Waals surface area contributed by atoms with Crippen molar-refractivity contribution in [1.82, 2.24) is 4.90 Å². The summed E-state index contributed by atoms with van der Waals surface area (Å²) in [4.78, 5) is 18.8. The van der Waals surface area contributed by atoms with E-state index in [-0.39, 0.29) is 11.9 Å². The van der Waals surface area contributed by atoms with Gasteiger partial charge in [0.1, 0.15) is 5.41 Å². The molecule has 29 heavy (non-hydrogen) atoms. The second kappa shape index (κ2) is 6.67. The SMILES string of the molecule is CC1=NN(c2ccc(C)cc2)C(=O)C12Cc1cc(Br)ccc1N1CCN(C)CC12. The molecule has 0 bridgehead atoms. The monoisotopic (exact) mass is 452 g/mol. The molecule has 0 radical (unpaired) electrons. The first kappa shape index (κ1) is 18.8. The van der Waals surface area contributed by atoms with Gasteiger partial charge in [-0.2, -0.15) is 10.1 Å². The first-order valence-corrected chi connectivity index (χ1v) is 10.9. The van der Waals surface area contributed by atoms with Crippen LogP contribution < -0.4 is 9.91 Å². The molecule has 0 N–H and O–H groups in total. The fourth-order valence-electron chi connectivity index (χ4n) is 5.10. The highest BCUT2D eigenvalue weighted by atomic mass is 79.9. The molecule has 5 rings (SSSR count). The third-order valence-electron chi connectivity index (χ3n) is 6.72. The lowest BCUT2D eigenvalue weighted by atomic mass is 9.67. The Bertz CT molecular complexity index is 1020. The van der Waals surface area contributed by atoms with Crippen molar-refractivity contribution in [1.29, 1.82) is 0 Å². The predicted molar refractivity (Wildman–Crippen MR) is 121 cm³/mol. The van der Waals surface area contributed by atoms with Crippen molar-refractivity contribution in [2.75, 3.05) is 36.6 Å². The number of nitrogens with zero attached hydrogens (tertiary/aromatic N) is 4. The van der Waals surface area contributed by atoms with Crippen molar-refractivity contribution in [3.63, 3.8) is 0 Å². The van der Waals surface area contributed by atoms with Gasteiger partial charge in [-0.1, -0.05) is 33.6 Å². The average molecular weight is 453 g/mol. The van der Waals surface area contributed by atoms with Gasteiger partial charge in [0.15, 0.2) is 0 Å². The summed E-state index contributed by atoms with van der Waals surface area (Å²) in [6.07, 6.45) is 0.688. The molecule has 2 atom stereocenters. The van der Waals surface area contributed by atoms with Gasteiger partial charge in [-0.3, -0.25) is 4.79 Å². The molecule has 2 aromatic rings. The maximum absolute atomic E-state index is 14.0. The number of hydrogen-bond donors (Lipinski definition) is 0. The third-order valence-corrected chi connectivity index (χ3v) is 7.21. The Morgan fingerprint density at radius 1 is 1.10 bits per heavy atom. The highest BCUT2D eigenvalue weighted by Crippen LogP contribution is 2.48. The fraction of sp³-hybridized carbons (Fsp3) is 0.391. The Morgan fingerprint density at radius 2 is 1.86 bits per heavy atom. The number of likely N-dealkylation sites (N-methyl/N-ethyl adjacent to an activating group) is 1. The van der Waals surface area contributed by atoms with Crippen LogP contribution in [0.5, 0.6) is 0 Å². The van der Waals surface area contributed by atoms with Crippen LogP contribution in [0.4, 0.5) is 11.4 Å². The standard InChI is InChI=1S/C23H25BrN4O/c1-15-4-7-19(8-5-15)28-22(29)23(16(2)25-28)13-17-12-18(24)6-9-20(17)27-11-10-26(3)14-21(23)27/h4-9,12,21H,10-11,13-14H2,1-3H3. The quantitative estimate of drug-likeness (QED) is 0.659. The van der Waals surface area contributed by atoms with E-state index in [2.05, 4.69) is 57.9 Å². The lowest BCUT2D eigenvalue weighted by Gasteiger charge is -2.52. The van der Waals surface area contributed by atoms with E-state index in [1.807, 2.05) is 31.2 Å². The number of benzene rings is 2. The smallest absolute Gasteiger partial charge is 0.261 e. The molecule has 3 aliphatic heterocycles. The Morgan fingerprint density at radius 3 is 2.62 bits per heavy atom. The Hall–Kier alpha value is -2.18. The lowest BCUT2D eigenvalue weighted by Crippen LogP contribution is -2.66. The first-order chi connectivity index (χ1) is 13.9. The van der Waals surface area contributed by atoms with E-state index >= 15 is 0 Å². The molecule has 2 aromatic carbocycles. The molecule has 3 aliphatic rings. The van der Waals surface area contributed by atoms with Crippen LogP contribution in [-0.4, -0.2) is 49.2 Å². The van der Waals surface area contributed by atoms with Gasteiger partial charge >= 0.3 is 0 Å². The number of rotatable bonds is 1. The minimum absolute atomic E-state index is 0.0848. The molecule has 0 saturated carbocycles. The third kappa shape index (κ3) is 2.76. The number of aryl methyl sites for hydroxylation is 1. The van der Waals surface area contributed by atoms with Gasteiger partial charge in [0.05, 0.1) is 17.4 Å². The number of piperazine rings is 1. The highest BCUT2D eigenvalue weighted by Gasteiger charge is 2.59. The van der Waals surface area contributed by atoms with E-state index in [4.69, 9.17) is 5.10 Å². The molecule has 6 heteroatoms. The lowest BCUT2D eigenvalue weighted by molar-refractivity contribution is -0.125. The predicted octanol–water partition coefficient (Wildman–Crippen LogP) is 3.84. The van der Waals surface area contributed by atoms with Crippen LogP contribution in [-0.2, 0) is 11.2 Å². The van der Waals surface area contributed by atoms with Crippen LogP contribution in [0.25, 0.3) is 0 Å². The van der Waals surface area contributed by atoms with Gasteiger partial charge in [0.25, 0.3) is 5.91 Å². The number of halogens is 1. The molecule has 2 unspecified atom stereocenters. The second-order valence-electron chi connectivity index (χ2n) is 8.53. The Kier molecular flexibility index (Phi) is 4.33. The largest absolute Gasteiger partial charge is 0.364 e. The summed E-state index contributed by atoms with van der Waals surface area (Å²) >= 11 is 3.62. The van der Waals surface area contributed by atoms with E-state index in [1.54, 1.807) is 5.01 Å². The van der Waals surface area contributed by atoms with Gasteiger partial charge in [-0.05, 0) is 63.2 Å². The Balaban J connectivity index is 1.63. The maximum atomic E-state index is 14.0. The normalized spacial score (nSPS) is 26.6. The topological polar surface area (TPSA) is 39.2 Å². The maximum Gasteiger partial charge on any atom is 0.261 e. The van der Waals surface area contributed by atoms with Crippen LogP contribution in [0, 0.1) is 12.3 Å². The summed E-state index contributed by atoms with van der Waals surface area (Å²) in [5.74, 6) is 0.0924. The molecule has 0 aromatic heterocycles. The summed E-state index contributed by atoms with van der Waals surface area (Å²) in [5.41, 5.74) is 4.77. The van der Waals surface area contributed by atoms with Gasteiger partial charge in [-0.15, -0.1) is 0 Å². The van der Waals surface area contributed by atoms with Crippen molar-refractivity contribution in [3.8, 4) is 0 Å². The summed E-state index contributed by atoms with van der Waals surface area (Å²) in [6.45, 7) is 6.85. The van der Waals surface area contributed by atoms with Crippen molar-refractivity contribution >= 4 is 38.9 Å². The summed E-state index contributed by atoms with van der Waals surface area (Å²) in [7, 11) is 2.14. The zero-order chi connectivity index (χ0) is 20.3. The minimum atomic E-state index is -0.632. The van der Waals surface area contributed by atoms with E-state index in [9.17, 15) is 4.79 Å². The van der Waals surface area contributed by atoms with Crippen LogP contribution in [0.2, 0.25) is 0 Å². The molecular weight excluding hydrogens is 428 g/mol. The zero-order valence-electron chi connectivity index (χ0n) is 17.0. The fourth-order valence-corrected chi connectivity index (χ4v) is 5.51. The summed E-state index contributed by atoms with van der Waals surface area (Å²) < 4.78 is 1.05. The molecule has 1 amide bonds. The Labute approximate surface area is 180 Å². The van der Waals surface area contributed by atoms with Gasteiger partial charge in [0.2, 0.25) is 0 Å². The minimum Gasteiger partial charge on any atom is -0.364 e. The molecule has 3 heterocycles. The molecule has 150 valence electrons. The number of fused-ring (bicyclic) bond motifs is 4. The van der Waals surface area contributed by atoms with E-state index in [0.29, 0.717) is 6.42 Å². The molecule has 0 aliphatic carbocycles. The zero-order valence-corrected chi connectivity index (χ0v) is 18.6. The van der Waals surface area contributed by atoms with Crippen molar-refractivity contribution in [3.05, 3.63) is 58.1 Å². The molecule has 5 nitrogen and oxygen atoms in total. The highest BCUT2D eigenvalue weighted by molar-refractivity contribution is 9.10. The van der Waals surface area contributed by atoms with Crippen molar-refractivity contribution in [2.45, 2.75) is 26.3 Å². The average Bonchev–Trinajstić information content (AvgIpc) is 2.94. The van der Waals surface area contributed by atoms with E-state index < -0.39 is 5.41 Å². The van der Waals surface area contributed by atoms with E-state index in [1.165, 1.54) is 16.8 Å². The number of carbonyl (C=O) groups excluding carboxylic acids is 1. The van der Waals surface area contributed by atoms with E-state index in [0.717, 1.165) is 35.5 Å². The number of amides is 1. The second-order valence-corrected chi connectivity index (χ2v) is 9.45. The van der Waals surface area contributed by atoms with Crippen LogP contribution in [0.15, 0.2) is 52.0 Å². The molecule has 1 fully saturated rings. The summed E-state index contributed by atoms with van der Waals surface area (Å²) in [6, 6.07) is 14.6. The van der Waals surface area contributed by atoms with Crippen molar-refractivity contribution < 1.29 is 4.79 Å². The van der Waals surface area contributed by atoms with Gasteiger partial charge in [-0.25, -0.2) is 0 Å². The van der Waals surface area contributed by atoms with Crippen LogP contribution in [0.1, 0.15) is 18.1 Å². The first-order valence-electron chi connectivity index (χ1n) is 10.1. The molecule has 1 saturated heterocycles. The number of hydrogen-bond acceptors (Lipinski definition) is 4. The van der Waals surface area contributed by atoms with Crippen LogP contribution >= 0.6 is 15.9 Å². The molecular formula is C23H25BrN4O. The summed E-state index contributed by atoms with van der Waals surface area (Å²) in [5, 5.41) is 6.43. The molecule has 1 spiro atoms. The number of anilines is 2.